The van der Waals surface area contributed by atoms with Crippen molar-refractivity contribution in [2.24, 2.45) is 5.92 Å². The summed E-state index contributed by atoms with van der Waals surface area (Å²) >= 11 is 0. The molecular formula is C33H46N4O4. The average Bonchev–Trinajstić information content (AvgIpc) is 3.25. The second kappa shape index (κ2) is 12.4. The topological polar surface area (TPSA) is 94.9 Å². The van der Waals surface area contributed by atoms with Crippen molar-refractivity contribution < 1.29 is 19.5 Å². The summed E-state index contributed by atoms with van der Waals surface area (Å²) in [5.74, 6) is -0.204. The Hall–Kier alpha value is -3.13. The lowest BCUT2D eigenvalue weighted by Gasteiger charge is -2.52. The van der Waals surface area contributed by atoms with Gasteiger partial charge in [0.2, 0.25) is 11.8 Å². The first-order valence-electron chi connectivity index (χ1n) is 15.6. The first-order chi connectivity index (χ1) is 19.7. The molecule has 1 spiro atoms. The van der Waals surface area contributed by atoms with Gasteiger partial charge in [-0.15, -0.1) is 0 Å². The lowest BCUT2D eigenvalue weighted by Crippen LogP contribution is -2.73. The van der Waals surface area contributed by atoms with Crippen LogP contribution >= 0.6 is 0 Å². The molecule has 0 radical (unpaired) electrons. The minimum absolute atomic E-state index is 0.0525. The molecule has 1 unspecified atom stereocenters. The number of carboxylic acids is 1. The Morgan fingerprint density at radius 2 is 1.73 bits per heavy atom. The molecule has 1 aromatic carbocycles. The third-order valence-electron chi connectivity index (χ3n) is 9.82. The summed E-state index contributed by atoms with van der Waals surface area (Å²) in [4.78, 5) is 43.3. The van der Waals surface area contributed by atoms with Crippen molar-refractivity contribution in [1.82, 2.24) is 19.7 Å². The highest BCUT2D eigenvalue weighted by molar-refractivity contribution is 6.00. The summed E-state index contributed by atoms with van der Waals surface area (Å²) in [6.45, 7) is 9.26. The summed E-state index contributed by atoms with van der Waals surface area (Å²) in [6, 6.07) is 8.81. The standard InChI is InChI=1S/C33H46N4O4/c1-4-5-17-36-30(38)29(21-25-9-7-6-8-10-25)34-32(41)33(36)15-18-35(19-16-33)22-27-20-23(2)37(24(27)3)28-13-11-26(12-14-28)31(39)40/h11-14,20,25,29H,4-10,15-19,21-22H2,1-3H3,(H,34,41)(H,39,40). The maximum atomic E-state index is 13.8. The van der Waals surface area contributed by atoms with Crippen LogP contribution in [0.25, 0.3) is 5.69 Å². The number of aryl methyl sites for hydroxylation is 1. The highest BCUT2D eigenvalue weighted by atomic mass is 16.4. The average molecular weight is 563 g/mol. The number of unbranched alkanes of at least 4 members (excludes halogenated alkanes) is 1. The van der Waals surface area contributed by atoms with Gasteiger partial charge >= 0.3 is 5.97 Å². The van der Waals surface area contributed by atoms with Crippen molar-refractivity contribution in [2.75, 3.05) is 19.6 Å². The molecule has 3 heterocycles. The molecule has 1 aliphatic carbocycles. The molecule has 1 atom stereocenters. The van der Waals surface area contributed by atoms with E-state index >= 15 is 0 Å². The van der Waals surface area contributed by atoms with Gasteiger partial charge in [-0.3, -0.25) is 14.5 Å². The zero-order valence-corrected chi connectivity index (χ0v) is 25.0. The number of piperidine rings is 1. The van der Waals surface area contributed by atoms with Crippen LogP contribution in [0.3, 0.4) is 0 Å². The van der Waals surface area contributed by atoms with Gasteiger partial charge in [-0.1, -0.05) is 45.4 Å². The van der Waals surface area contributed by atoms with Crippen LogP contribution in [-0.2, 0) is 16.1 Å². The minimum atomic E-state index is -0.928. The van der Waals surface area contributed by atoms with Crippen molar-refractivity contribution in [3.63, 3.8) is 0 Å². The maximum absolute atomic E-state index is 13.8. The van der Waals surface area contributed by atoms with Gasteiger partial charge in [0.05, 0.1) is 5.56 Å². The molecule has 2 amide bonds. The van der Waals surface area contributed by atoms with Gasteiger partial charge < -0.3 is 19.9 Å². The Morgan fingerprint density at radius 1 is 1.05 bits per heavy atom. The first kappa shape index (κ1) is 29.4. The van der Waals surface area contributed by atoms with Crippen LogP contribution < -0.4 is 5.32 Å². The molecule has 8 heteroatoms. The van der Waals surface area contributed by atoms with Gasteiger partial charge in [-0.05, 0) is 81.3 Å². The van der Waals surface area contributed by atoms with E-state index in [0.717, 1.165) is 56.0 Å². The molecule has 2 saturated heterocycles. The van der Waals surface area contributed by atoms with Gasteiger partial charge in [-0.25, -0.2) is 4.79 Å². The normalized spacial score (nSPS) is 21.8. The number of carbonyl (C=O) groups excluding carboxylic acids is 2. The fourth-order valence-corrected chi connectivity index (χ4v) is 7.39. The van der Waals surface area contributed by atoms with Crippen LogP contribution in [-0.4, -0.2) is 68.5 Å². The van der Waals surface area contributed by atoms with Crippen LogP contribution in [0.5, 0.6) is 0 Å². The fraction of sp³-hybridized carbons (Fsp3) is 0.606. The molecule has 2 aromatic rings. The molecule has 222 valence electrons. The maximum Gasteiger partial charge on any atom is 0.335 e. The smallest absolute Gasteiger partial charge is 0.335 e. The van der Waals surface area contributed by atoms with Crippen LogP contribution in [0.15, 0.2) is 30.3 Å². The molecule has 41 heavy (non-hydrogen) atoms. The summed E-state index contributed by atoms with van der Waals surface area (Å²) in [5, 5.41) is 12.4. The molecule has 2 N–H and O–H groups in total. The van der Waals surface area contributed by atoms with Crippen LogP contribution in [0, 0.1) is 19.8 Å². The number of benzene rings is 1. The number of nitrogens with one attached hydrogen (secondary N) is 1. The molecular weight excluding hydrogens is 516 g/mol. The third kappa shape index (κ3) is 5.94. The number of carboxylic acid groups (broad SMARTS) is 1. The summed E-state index contributed by atoms with van der Waals surface area (Å²) in [5.41, 5.74) is 3.93. The van der Waals surface area contributed by atoms with E-state index < -0.39 is 11.5 Å². The Balaban J connectivity index is 1.27. The lowest BCUT2D eigenvalue weighted by molar-refractivity contribution is -0.162. The minimum Gasteiger partial charge on any atom is -0.478 e. The summed E-state index contributed by atoms with van der Waals surface area (Å²) in [6.07, 6.45) is 10.1. The Labute approximate surface area is 244 Å². The van der Waals surface area contributed by atoms with E-state index in [1.807, 2.05) is 17.0 Å². The third-order valence-corrected chi connectivity index (χ3v) is 9.82. The largest absolute Gasteiger partial charge is 0.478 e. The quantitative estimate of drug-likeness (QED) is 0.437. The van der Waals surface area contributed by atoms with Crippen molar-refractivity contribution in [3.05, 3.63) is 52.8 Å². The Morgan fingerprint density at radius 3 is 2.37 bits per heavy atom. The molecule has 5 rings (SSSR count). The van der Waals surface area contributed by atoms with E-state index in [9.17, 15) is 19.5 Å². The molecule has 1 aromatic heterocycles. The molecule has 2 aliphatic heterocycles. The Bertz CT molecular complexity index is 1250. The number of amides is 2. The number of carbonyl (C=O) groups is 3. The van der Waals surface area contributed by atoms with E-state index in [-0.39, 0.29) is 23.4 Å². The highest BCUT2D eigenvalue weighted by Gasteiger charge is 2.53. The SMILES string of the molecule is CCCCN1C(=O)C(CC2CCCCC2)NC(=O)C12CCN(Cc1cc(C)n(-c3ccc(C(=O)O)cc3)c1C)CC2. The zero-order valence-electron chi connectivity index (χ0n) is 25.0. The van der Waals surface area contributed by atoms with Gasteiger partial charge in [0.25, 0.3) is 0 Å². The molecule has 3 aliphatic rings. The number of nitrogens with zero attached hydrogens (tertiary/aromatic N) is 3. The van der Waals surface area contributed by atoms with Crippen LogP contribution in [0.4, 0.5) is 0 Å². The van der Waals surface area contributed by atoms with Gasteiger partial charge in [-0.2, -0.15) is 0 Å². The number of likely N-dealkylation sites (tertiary alicyclic amines) is 1. The van der Waals surface area contributed by atoms with Crippen molar-refractivity contribution in [2.45, 2.75) is 103 Å². The van der Waals surface area contributed by atoms with Crippen LogP contribution in [0.1, 0.15) is 98.4 Å². The lowest BCUT2D eigenvalue weighted by atomic mass is 9.79. The number of rotatable bonds is 9. The van der Waals surface area contributed by atoms with Gasteiger partial charge in [0.15, 0.2) is 0 Å². The van der Waals surface area contributed by atoms with Crippen molar-refractivity contribution >= 4 is 17.8 Å². The monoisotopic (exact) mass is 562 g/mol. The zero-order chi connectivity index (χ0) is 29.1. The second-order valence-corrected chi connectivity index (χ2v) is 12.5. The predicted molar refractivity (Wildman–Crippen MR) is 159 cm³/mol. The van der Waals surface area contributed by atoms with Crippen molar-refractivity contribution in [1.29, 1.82) is 0 Å². The van der Waals surface area contributed by atoms with Gasteiger partial charge in [0.1, 0.15) is 11.6 Å². The molecule has 1 saturated carbocycles. The highest BCUT2D eigenvalue weighted by Crippen LogP contribution is 2.36. The number of hydrogen-bond donors (Lipinski definition) is 2. The summed E-state index contributed by atoms with van der Waals surface area (Å²) < 4.78 is 2.17. The second-order valence-electron chi connectivity index (χ2n) is 12.5. The number of aromatic carboxylic acids is 1. The van der Waals surface area contributed by atoms with Gasteiger partial charge in [0, 0.05) is 43.3 Å². The molecule has 8 nitrogen and oxygen atoms in total. The first-order valence-corrected chi connectivity index (χ1v) is 15.6. The number of hydrogen-bond acceptors (Lipinski definition) is 4. The predicted octanol–water partition coefficient (Wildman–Crippen LogP) is 5.22. The summed E-state index contributed by atoms with van der Waals surface area (Å²) in [7, 11) is 0. The molecule has 0 bridgehead atoms. The van der Waals surface area contributed by atoms with Crippen molar-refractivity contribution in [3.8, 4) is 5.69 Å². The van der Waals surface area contributed by atoms with Crippen LogP contribution in [0.2, 0.25) is 0 Å². The number of aromatic nitrogens is 1. The fourth-order valence-electron chi connectivity index (χ4n) is 7.39. The van der Waals surface area contributed by atoms with E-state index in [1.54, 1.807) is 12.1 Å². The van der Waals surface area contributed by atoms with E-state index in [4.69, 9.17) is 0 Å². The van der Waals surface area contributed by atoms with E-state index in [0.29, 0.717) is 25.3 Å². The van der Waals surface area contributed by atoms with E-state index in [1.165, 1.54) is 37.7 Å². The molecule has 3 fully saturated rings. The number of piperazine rings is 1. The Kier molecular flexibility index (Phi) is 8.88. The van der Waals surface area contributed by atoms with E-state index in [2.05, 4.69) is 41.6 Å².